The Kier molecular flexibility index (Phi) is 2.66. The number of rotatable bonds is 1. The maximum atomic E-state index is 11.4. The summed E-state index contributed by atoms with van der Waals surface area (Å²) in [6.45, 7) is 1.56. The molecule has 0 aliphatic carbocycles. The third-order valence-corrected chi connectivity index (χ3v) is 3.60. The number of amides is 1. The molecule has 5 heteroatoms. The van der Waals surface area contributed by atoms with Gasteiger partial charge in [0.15, 0.2) is 0 Å². The number of carbonyl (C=O) groups is 1. The molecule has 1 aromatic rings. The fraction of sp³-hybridized carbons (Fsp3) is 0.375. The van der Waals surface area contributed by atoms with Crippen LogP contribution in [0.3, 0.4) is 0 Å². The van der Waals surface area contributed by atoms with Crippen LogP contribution in [0.15, 0.2) is 15.9 Å². The van der Waals surface area contributed by atoms with Gasteiger partial charge in [-0.2, -0.15) is 0 Å². The minimum absolute atomic E-state index is 0.0700. The average molecular weight is 261 g/mol. The van der Waals surface area contributed by atoms with Crippen LogP contribution >= 0.6 is 27.3 Å². The van der Waals surface area contributed by atoms with Crippen molar-refractivity contribution >= 4 is 33.2 Å². The Balaban J connectivity index is 2.19. The standard InChI is InChI=1S/C8H9BrN2OS/c9-6-2-1-5(13-6)7-8(12)11-4-3-10-7/h1-2,7,10H,3-4H2,(H,11,12). The smallest absolute Gasteiger partial charge is 0.242 e. The first kappa shape index (κ1) is 9.18. The maximum Gasteiger partial charge on any atom is 0.242 e. The van der Waals surface area contributed by atoms with E-state index in [1.54, 1.807) is 11.3 Å². The molecule has 1 aliphatic rings. The summed E-state index contributed by atoms with van der Waals surface area (Å²) >= 11 is 4.97. The number of nitrogens with one attached hydrogen (secondary N) is 2. The zero-order valence-electron chi connectivity index (χ0n) is 6.84. The van der Waals surface area contributed by atoms with E-state index in [9.17, 15) is 4.79 Å². The lowest BCUT2D eigenvalue weighted by Crippen LogP contribution is -2.46. The largest absolute Gasteiger partial charge is 0.353 e. The van der Waals surface area contributed by atoms with Crippen molar-refractivity contribution in [3.05, 3.63) is 20.8 Å². The second-order valence-corrected chi connectivity index (χ2v) is 5.31. The van der Waals surface area contributed by atoms with E-state index in [1.807, 2.05) is 12.1 Å². The van der Waals surface area contributed by atoms with E-state index in [0.29, 0.717) is 0 Å². The lowest BCUT2D eigenvalue weighted by atomic mass is 10.2. The fourth-order valence-electron chi connectivity index (χ4n) is 1.31. The molecule has 2 heterocycles. The summed E-state index contributed by atoms with van der Waals surface area (Å²) in [7, 11) is 0. The predicted molar refractivity (Wildman–Crippen MR) is 55.8 cm³/mol. The molecule has 2 N–H and O–H groups in total. The molecule has 1 unspecified atom stereocenters. The molecule has 0 aromatic carbocycles. The van der Waals surface area contributed by atoms with Crippen LogP contribution in [0.4, 0.5) is 0 Å². The molecule has 1 aliphatic heterocycles. The predicted octanol–water partition coefficient (Wildman–Crippen LogP) is 1.27. The van der Waals surface area contributed by atoms with Crippen molar-refractivity contribution < 1.29 is 4.79 Å². The first-order chi connectivity index (χ1) is 6.27. The number of hydrogen-bond acceptors (Lipinski definition) is 3. The second kappa shape index (κ2) is 3.77. The van der Waals surface area contributed by atoms with Crippen LogP contribution in [-0.2, 0) is 4.79 Å². The van der Waals surface area contributed by atoms with Gasteiger partial charge < -0.3 is 5.32 Å². The molecule has 1 amide bonds. The third-order valence-electron chi connectivity index (χ3n) is 1.91. The maximum absolute atomic E-state index is 11.4. The number of halogens is 1. The first-order valence-electron chi connectivity index (χ1n) is 4.04. The summed E-state index contributed by atoms with van der Waals surface area (Å²) in [5.74, 6) is 0.0700. The van der Waals surface area contributed by atoms with Gasteiger partial charge in [0, 0.05) is 18.0 Å². The summed E-state index contributed by atoms with van der Waals surface area (Å²) in [5.41, 5.74) is 0. The summed E-state index contributed by atoms with van der Waals surface area (Å²) in [4.78, 5) is 12.5. The molecule has 1 aromatic heterocycles. The van der Waals surface area contributed by atoms with Crippen molar-refractivity contribution in [3.8, 4) is 0 Å². The van der Waals surface area contributed by atoms with Crippen molar-refractivity contribution in [2.75, 3.05) is 13.1 Å². The van der Waals surface area contributed by atoms with E-state index >= 15 is 0 Å². The van der Waals surface area contributed by atoms with Gasteiger partial charge in [-0.15, -0.1) is 11.3 Å². The van der Waals surface area contributed by atoms with E-state index in [0.717, 1.165) is 21.8 Å². The third kappa shape index (κ3) is 1.92. The van der Waals surface area contributed by atoms with E-state index in [4.69, 9.17) is 0 Å². The minimum Gasteiger partial charge on any atom is -0.353 e. The molecule has 70 valence electrons. The monoisotopic (exact) mass is 260 g/mol. The van der Waals surface area contributed by atoms with Crippen LogP contribution in [0.2, 0.25) is 0 Å². The average Bonchev–Trinajstić information content (AvgIpc) is 2.53. The Morgan fingerprint density at radius 2 is 2.31 bits per heavy atom. The molecular formula is C8H9BrN2OS. The zero-order chi connectivity index (χ0) is 9.26. The Bertz CT molecular complexity index is 326. The van der Waals surface area contributed by atoms with Gasteiger partial charge in [-0.25, -0.2) is 0 Å². The van der Waals surface area contributed by atoms with Crippen LogP contribution < -0.4 is 10.6 Å². The van der Waals surface area contributed by atoms with Crippen molar-refractivity contribution in [2.24, 2.45) is 0 Å². The highest BCUT2D eigenvalue weighted by Gasteiger charge is 2.24. The lowest BCUT2D eigenvalue weighted by molar-refractivity contribution is -0.124. The molecule has 0 bridgehead atoms. The molecule has 2 rings (SSSR count). The van der Waals surface area contributed by atoms with Gasteiger partial charge in [-0.05, 0) is 28.1 Å². The summed E-state index contributed by atoms with van der Waals surface area (Å²) in [5, 5.41) is 6.01. The number of thiophene rings is 1. The van der Waals surface area contributed by atoms with Crippen LogP contribution in [0.25, 0.3) is 0 Å². The summed E-state index contributed by atoms with van der Waals surface area (Å²) in [6.07, 6.45) is 0. The molecule has 13 heavy (non-hydrogen) atoms. The zero-order valence-corrected chi connectivity index (χ0v) is 9.24. The molecule has 1 saturated heterocycles. The van der Waals surface area contributed by atoms with Gasteiger partial charge in [-0.1, -0.05) is 0 Å². The molecule has 0 radical (unpaired) electrons. The first-order valence-corrected chi connectivity index (χ1v) is 5.64. The number of carbonyl (C=O) groups excluding carboxylic acids is 1. The van der Waals surface area contributed by atoms with Gasteiger partial charge >= 0.3 is 0 Å². The quantitative estimate of drug-likeness (QED) is 0.799. The fourth-order valence-corrected chi connectivity index (χ4v) is 2.81. The number of piperazine rings is 1. The van der Waals surface area contributed by atoms with Gasteiger partial charge in [-0.3, -0.25) is 10.1 Å². The van der Waals surface area contributed by atoms with Crippen molar-refractivity contribution in [2.45, 2.75) is 6.04 Å². The highest BCUT2D eigenvalue weighted by molar-refractivity contribution is 9.11. The second-order valence-electron chi connectivity index (χ2n) is 2.82. The molecule has 3 nitrogen and oxygen atoms in total. The summed E-state index contributed by atoms with van der Waals surface area (Å²) < 4.78 is 1.06. The van der Waals surface area contributed by atoms with Gasteiger partial charge in [0.1, 0.15) is 6.04 Å². The molecule has 1 fully saturated rings. The van der Waals surface area contributed by atoms with Gasteiger partial charge in [0.25, 0.3) is 0 Å². The van der Waals surface area contributed by atoms with E-state index in [2.05, 4.69) is 26.6 Å². The SMILES string of the molecule is O=C1NCCNC1c1ccc(Br)s1. The number of hydrogen-bond donors (Lipinski definition) is 2. The van der Waals surface area contributed by atoms with Crippen molar-refractivity contribution in [3.63, 3.8) is 0 Å². The molecule has 0 spiro atoms. The molecule has 1 atom stereocenters. The topological polar surface area (TPSA) is 41.1 Å². The highest BCUT2D eigenvalue weighted by atomic mass is 79.9. The van der Waals surface area contributed by atoms with Crippen LogP contribution in [0, 0.1) is 0 Å². The van der Waals surface area contributed by atoms with Crippen molar-refractivity contribution in [1.82, 2.24) is 10.6 Å². The van der Waals surface area contributed by atoms with Crippen LogP contribution in [-0.4, -0.2) is 19.0 Å². The van der Waals surface area contributed by atoms with E-state index in [-0.39, 0.29) is 11.9 Å². The van der Waals surface area contributed by atoms with E-state index < -0.39 is 0 Å². The van der Waals surface area contributed by atoms with Crippen LogP contribution in [0.5, 0.6) is 0 Å². The molecule has 0 saturated carbocycles. The summed E-state index contributed by atoms with van der Waals surface area (Å²) in [6, 6.07) is 3.77. The van der Waals surface area contributed by atoms with Crippen molar-refractivity contribution in [1.29, 1.82) is 0 Å². The Hall–Kier alpha value is -0.390. The Morgan fingerprint density at radius 3 is 2.92 bits per heavy atom. The molecular weight excluding hydrogens is 252 g/mol. The Labute approximate surface area is 88.7 Å². The van der Waals surface area contributed by atoms with Crippen LogP contribution in [0.1, 0.15) is 10.9 Å². The normalized spacial score (nSPS) is 22.8. The lowest BCUT2D eigenvalue weighted by Gasteiger charge is -2.22. The Morgan fingerprint density at radius 1 is 1.46 bits per heavy atom. The van der Waals surface area contributed by atoms with Gasteiger partial charge in [0.05, 0.1) is 3.79 Å². The van der Waals surface area contributed by atoms with Gasteiger partial charge in [0.2, 0.25) is 5.91 Å². The highest BCUT2D eigenvalue weighted by Crippen LogP contribution is 2.27. The van der Waals surface area contributed by atoms with E-state index in [1.165, 1.54) is 0 Å². The minimum atomic E-state index is -0.162.